The first kappa shape index (κ1) is 32.7. The van der Waals surface area contributed by atoms with Crippen LogP contribution in [0.5, 0.6) is 0 Å². The Labute approximate surface area is 280 Å². The van der Waals surface area contributed by atoms with E-state index in [0.29, 0.717) is 30.8 Å². The summed E-state index contributed by atoms with van der Waals surface area (Å²) in [6.07, 6.45) is 6.02. The number of rotatable bonds is 10. The lowest BCUT2D eigenvalue weighted by atomic mass is 9.58. The molecule has 5 heterocycles. The fourth-order valence-corrected chi connectivity index (χ4v) is 8.31. The highest BCUT2D eigenvalue weighted by Crippen LogP contribution is 2.51. The van der Waals surface area contributed by atoms with Crippen LogP contribution < -0.4 is 0 Å². The van der Waals surface area contributed by atoms with E-state index in [2.05, 4.69) is 22.0 Å². The molecule has 3 aliphatic heterocycles. The number of furan rings is 1. The molecule has 1 aliphatic carbocycles. The van der Waals surface area contributed by atoms with Gasteiger partial charge in [-0.15, -0.1) is 0 Å². The Kier molecular flexibility index (Phi) is 9.75. The minimum absolute atomic E-state index is 0.143. The van der Waals surface area contributed by atoms with E-state index < -0.39 is 31.0 Å². The van der Waals surface area contributed by atoms with Crippen LogP contribution >= 0.6 is 0 Å². The second-order valence-electron chi connectivity index (χ2n) is 13.4. The predicted molar refractivity (Wildman–Crippen MR) is 179 cm³/mol. The number of aromatic nitrogens is 1. The number of aliphatic hydroxyl groups is 2. The van der Waals surface area contributed by atoms with Crippen molar-refractivity contribution in [3.8, 4) is 0 Å². The summed E-state index contributed by atoms with van der Waals surface area (Å²) in [5.41, 5.74) is 4.48. The molecular formula is C37H42BN3O7. The molecule has 48 heavy (non-hydrogen) atoms. The van der Waals surface area contributed by atoms with Gasteiger partial charge in [-0.2, -0.15) is 0 Å². The number of allylic oxidation sites excluding steroid dienone is 1. The molecule has 2 amide bonds. The first-order valence-corrected chi connectivity index (χ1v) is 17.0. The van der Waals surface area contributed by atoms with Crippen molar-refractivity contribution >= 4 is 30.6 Å². The Hall–Kier alpha value is -3.87. The van der Waals surface area contributed by atoms with Gasteiger partial charge in [-0.25, -0.2) is 0 Å². The van der Waals surface area contributed by atoms with E-state index in [9.17, 15) is 24.8 Å². The zero-order valence-electron chi connectivity index (χ0n) is 27.0. The minimum Gasteiger partial charge on any atom is -0.459 e. The largest absolute Gasteiger partial charge is 0.459 e. The first-order chi connectivity index (χ1) is 23.4. The standard InChI is InChI=1S/C37H42BN3O7/c42-22-26-19-30-35(37(45)41(36(30)44)27-13-16-40(17-14-27)21-24-6-2-1-3-7-24)31-20-38(46)48-33(34(26)31)12-9-25(32-8-4-5-15-39-32)18-28-10-11-29(23-43)47-28/h1-8,10-11,15,18,27,30-31,33,35,42-43,46H,9,12-14,16-17,19-23H2/b25-18-/t30-,31+,33-,35-/m1/s1. The van der Waals surface area contributed by atoms with Gasteiger partial charge in [0.2, 0.25) is 11.8 Å². The van der Waals surface area contributed by atoms with Crippen molar-refractivity contribution in [2.45, 2.75) is 63.7 Å². The maximum absolute atomic E-state index is 14.2. The summed E-state index contributed by atoms with van der Waals surface area (Å²) < 4.78 is 11.9. The van der Waals surface area contributed by atoms with Gasteiger partial charge in [0.05, 0.1) is 30.2 Å². The summed E-state index contributed by atoms with van der Waals surface area (Å²) in [5, 5.41) is 31.0. The Morgan fingerprint density at radius 2 is 1.75 bits per heavy atom. The predicted octanol–water partition coefficient (Wildman–Crippen LogP) is 3.94. The van der Waals surface area contributed by atoms with E-state index in [-0.39, 0.29) is 37.4 Å². The molecule has 0 radical (unpaired) electrons. The fraction of sp³-hybridized carbons (Fsp3) is 0.432. The van der Waals surface area contributed by atoms with E-state index in [0.717, 1.165) is 54.9 Å². The van der Waals surface area contributed by atoms with Gasteiger partial charge in [-0.1, -0.05) is 36.4 Å². The summed E-state index contributed by atoms with van der Waals surface area (Å²) in [5.74, 6) is -0.749. The average molecular weight is 652 g/mol. The molecule has 4 aliphatic rings. The van der Waals surface area contributed by atoms with Crippen molar-refractivity contribution in [1.82, 2.24) is 14.8 Å². The molecule has 3 N–H and O–H groups in total. The van der Waals surface area contributed by atoms with E-state index >= 15 is 0 Å². The number of benzene rings is 1. The Morgan fingerprint density at radius 3 is 2.46 bits per heavy atom. The van der Waals surface area contributed by atoms with Crippen molar-refractivity contribution < 1.29 is 33.9 Å². The zero-order chi connectivity index (χ0) is 33.2. The van der Waals surface area contributed by atoms with Crippen LogP contribution in [0.4, 0.5) is 0 Å². The molecule has 2 aromatic heterocycles. The van der Waals surface area contributed by atoms with E-state index in [1.54, 1.807) is 18.3 Å². The molecule has 3 aromatic rings. The first-order valence-electron chi connectivity index (χ1n) is 17.0. The smallest absolute Gasteiger partial charge is 0.455 e. The van der Waals surface area contributed by atoms with Crippen LogP contribution in [0.1, 0.15) is 54.9 Å². The molecule has 10 nitrogen and oxygen atoms in total. The summed E-state index contributed by atoms with van der Waals surface area (Å²) in [4.78, 5) is 36.6. The number of likely N-dealkylation sites (tertiary alicyclic amines) is 2. The maximum Gasteiger partial charge on any atom is 0.455 e. The van der Waals surface area contributed by atoms with E-state index in [4.69, 9.17) is 9.07 Å². The SMILES string of the molecule is O=C1[C@@H]2[C@@H](CC(CO)=C3[C@@H](CC/C(=C/c4ccc(CO)o4)c4ccccn4)OB(O)C[C@@H]32)C(=O)N1C1CCN(Cc2ccccc2)CC1. The number of carbonyl (C=O) groups excluding carboxylic acids is 2. The van der Waals surface area contributed by atoms with Crippen molar-refractivity contribution in [2.75, 3.05) is 19.7 Å². The van der Waals surface area contributed by atoms with Crippen LogP contribution in [0.2, 0.25) is 6.32 Å². The molecule has 3 saturated heterocycles. The van der Waals surface area contributed by atoms with Gasteiger partial charge in [0.25, 0.3) is 0 Å². The van der Waals surface area contributed by atoms with Crippen molar-refractivity contribution in [3.63, 3.8) is 0 Å². The van der Waals surface area contributed by atoms with Crippen molar-refractivity contribution in [2.24, 2.45) is 17.8 Å². The monoisotopic (exact) mass is 651 g/mol. The highest BCUT2D eigenvalue weighted by atomic mass is 16.5. The second kappa shape index (κ2) is 14.3. The number of aliphatic hydroxyl groups excluding tert-OH is 2. The number of amides is 2. The normalized spacial score (nSPS) is 25.5. The molecule has 0 bridgehead atoms. The molecule has 0 saturated carbocycles. The van der Waals surface area contributed by atoms with Crippen LogP contribution in [0.25, 0.3) is 11.6 Å². The van der Waals surface area contributed by atoms with Crippen LogP contribution in [0, 0.1) is 17.8 Å². The van der Waals surface area contributed by atoms with Gasteiger partial charge in [0, 0.05) is 31.9 Å². The number of hydrogen-bond donors (Lipinski definition) is 3. The summed E-state index contributed by atoms with van der Waals surface area (Å²) in [6.45, 7) is 2.03. The van der Waals surface area contributed by atoms with Gasteiger partial charge in [0.15, 0.2) is 0 Å². The van der Waals surface area contributed by atoms with Gasteiger partial charge in [-0.3, -0.25) is 24.4 Å². The Balaban J connectivity index is 1.09. The second-order valence-corrected chi connectivity index (χ2v) is 13.4. The number of piperidine rings is 1. The number of pyridine rings is 1. The average Bonchev–Trinajstić information content (AvgIpc) is 3.68. The van der Waals surface area contributed by atoms with Crippen LogP contribution in [0.15, 0.2) is 82.4 Å². The summed E-state index contributed by atoms with van der Waals surface area (Å²) in [7, 11) is -1.10. The number of imide groups is 1. The van der Waals surface area contributed by atoms with Gasteiger partial charge < -0.3 is 24.3 Å². The lowest BCUT2D eigenvalue weighted by Gasteiger charge is -2.43. The molecule has 1 aromatic carbocycles. The topological polar surface area (TPSA) is 137 Å². The van der Waals surface area contributed by atoms with E-state index in [1.807, 2.05) is 42.5 Å². The van der Waals surface area contributed by atoms with E-state index in [1.165, 1.54) is 10.5 Å². The molecular weight excluding hydrogens is 609 g/mol. The molecule has 0 spiro atoms. The number of hydrogen-bond acceptors (Lipinski definition) is 9. The third-order valence-electron chi connectivity index (χ3n) is 10.5. The molecule has 7 rings (SSSR count). The lowest BCUT2D eigenvalue weighted by Crippen LogP contribution is -2.48. The molecule has 250 valence electrons. The molecule has 0 unspecified atom stereocenters. The highest BCUT2D eigenvalue weighted by Gasteiger charge is 2.58. The van der Waals surface area contributed by atoms with Crippen LogP contribution in [-0.2, 0) is 27.4 Å². The van der Waals surface area contributed by atoms with Crippen molar-refractivity contribution in [3.05, 3.63) is 101 Å². The minimum atomic E-state index is -1.10. The summed E-state index contributed by atoms with van der Waals surface area (Å²) >= 11 is 0. The quantitative estimate of drug-likeness (QED) is 0.169. The number of fused-ring (bicyclic) bond motifs is 3. The molecule has 4 atom stereocenters. The highest BCUT2D eigenvalue weighted by molar-refractivity contribution is 6.43. The van der Waals surface area contributed by atoms with Crippen LogP contribution in [-0.4, -0.2) is 80.8 Å². The summed E-state index contributed by atoms with van der Waals surface area (Å²) in [6, 6.07) is 19.3. The molecule has 3 fully saturated rings. The maximum atomic E-state index is 14.2. The third-order valence-corrected chi connectivity index (χ3v) is 10.5. The number of nitrogens with zero attached hydrogens (tertiary/aromatic N) is 3. The van der Waals surface area contributed by atoms with Crippen LogP contribution in [0.3, 0.4) is 0 Å². The van der Waals surface area contributed by atoms with Gasteiger partial charge in [0.1, 0.15) is 18.1 Å². The molecule has 11 heteroatoms. The third kappa shape index (κ3) is 6.57. The van der Waals surface area contributed by atoms with Gasteiger partial charge in [-0.05, 0) is 97.0 Å². The lowest BCUT2D eigenvalue weighted by molar-refractivity contribution is -0.144. The van der Waals surface area contributed by atoms with Gasteiger partial charge >= 0.3 is 7.12 Å². The Bertz CT molecular complexity index is 1670. The Morgan fingerprint density at radius 1 is 0.958 bits per heavy atom. The fourth-order valence-electron chi connectivity index (χ4n) is 8.31. The number of carbonyl (C=O) groups is 2. The van der Waals surface area contributed by atoms with Crippen molar-refractivity contribution in [1.29, 1.82) is 0 Å². The zero-order valence-corrected chi connectivity index (χ0v) is 27.0.